The van der Waals surface area contributed by atoms with E-state index in [2.05, 4.69) is 9.97 Å². The van der Waals surface area contributed by atoms with E-state index in [1.807, 2.05) is 0 Å². The zero-order valence-electron chi connectivity index (χ0n) is 11.3. The summed E-state index contributed by atoms with van der Waals surface area (Å²) in [6.07, 6.45) is 0.345. The molecular formula is C13H16ClN3O4. The molecule has 1 aliphatic rings. The summed E-state index contributed by atoms with van der Waals surface area (Å²) < 4.78 is 7.23. The Kier molecular flexibility index (Phi) is 3.62. The number of ether oxygens (including phenoxy) is 1. The van der Waals surface area contributed by atoms with Crippen LogP contribution in [0.4, 0.5) is 0 Å². The summed E-state index contributed by atoms with van der Waals surface area (Å²) >= 11 is 6.01. The van der Waals surface area contributed by atoms with Crippen molar-refractivity contribution in [3.63, 3.8) is 0 Å². The van der Waals surface area contributed by atoms with Gasteiger partial charge in [0, 0.05) is 6.20 Å². The summed E-state index contributed by atoms with van der Waals surface area (Å²) in [7, 11) is 0. The van der Waals surface area contributed by atoms with Crippen LogP contribution in [0.1, 0.15) is 19.6 Å². The van der Waals surface area contributed by atoms with Crippen LogP contribution in [0.15, 0.2) is 18.6 Å². The van der Waals surface area contributed by atoms with Crippen molar-refractivity contribution < 1.29 is 20.1 Å². The molecular weight excluding hydrogens is 298 g/mol. The van der Waals surface area contributed by atoms with E-state index < -0.39 is 24.0 Å². The van der Waals surface area contributed by atoms with E-state index in [0.29, 0.717) is 16.2 Å². The fourth-order valence-corrected chi connectivity index (χ4v) is 2.98. The zero-order chi connectivity index (χ0) is 15.2. The predicted octanol–water partition coefficient (Wildman–Crippen LogP) is 0.476. The van der Waals surface area contributed by atoms with E-state index in [1.54, 1.807) is 23.8 Å². The third-order valence-electron chi connectivity index (χ3n) is 4.06. The van der Waals surface area contributed by atoms with Gasteiger partial charge in [-0.2, -0.15) is 0 Å². The second kappa shape index (κ2) is 5.19. The van der Waals surface area contributed by atoms with Gasteiger partial charge in [0.25, 0.3) is 0 Å². The van der Waals surface area contributed by atoms with Crippen molar-refractivity contribution in [3.8, 4) is 0 Å². The van der Waals surface area contributed by atoms with Crippen LogP contribution in [0.2, 0.25) is 5.15 Å². The number of hydrogen-bond donors (Lipinski definition) is 3. The molecule has 1 fully saturated rings. The van der Waals surface area contributed by atoms with E-state index in [0.717, 1.165) is 0 Å². The van der Waals surface area contributed by atoms with Gasteiger partial charge in [0.2, 0.25) is 0 Å². The number of fused-ring (bicyclic) bond motifs is 1. The number of aliphatic hydroxyl groups excluding tert-OH is 2. The molecule has 0 bridgehead atoms. The minimum Gasteiger partial charge on any atom is -0.394 e. The highest BCUT2D eigenvalue weighted by Gasteiger charge is 2.55. The predicted molar refractivity (Wildman–Crippen MR) is 74.8 cm³/mol. The molecule has 1 unspecified atom stereocenters. The van der Waals surface area contributed by atoms with Gasteiger partial charge in [0.05, 0.1) is 12.0 Å². The summed E-state index contributed by atoms with van der Waals surface area (Å²) in [4.78, 5) is 8.05. The molecule has 3 rings (SSSR count). The van der Waals surface area contributed by atoms with Crippen LogP contribution in [0.3, 0.4) is 0 Å². The van der Waals surface area contributed by atoms with Gasteiger partial charge in [0.15, 0.2) is 6.23 Å². The number of halogens is 1. The lowest BCUT2D eigenvalue weighted by Gasteiger charge is -2.30. The molecule has 0 aliphatic carbocycles. The van der Waals surface area contributed by atoms with Crippen molar-refractivity contribution in [1.82, 2.24) is 14.5 Å². The normalized spacial score (nSPS) is 32.9. The molecule has 1 saturated heterocycles. The maximum Gasteiger partial charge on any atom is 0.167 e. The molecule has 0 saturated carbocycles. The molecule has 0 spiro atoms. The van der Waals surface area contributed by atoms with E-state index in [9.17, 15) is 15.3 Å². The maximum absolute atomic E-state index is 10.7. The van der Waals surface area contributed by atoms with Crippen LogP contribution in [0.25, 0.3) is 11.0 Å². The molecule has 3 heterocycles. The second-order valence-corrected chi connectivity index (χ2v) is 5.48. The molecule has 4 atom stereocenters. The lowest BCUT2D eigenvalue weighted by Crippen LogP contribution is -2.46. The average molecular weight is 314 g/mol. The molecule has 7 nitrogen and oxygen atoms in total. The Hall–Kier alpha value is -1.25. The highest BCUT2D eigenvalue weighted by atomic mass is 35.5. The molecule has 21 heavy (non-hydrogen) atoms. The van der Waals surface area contributed by atoms with Gasteiger partial charge in [0.1, 0.15) is 34.9 Å². The van der Waals surface area contributed by atoms with Crippen LogP contribution >= 0.6 is 11.6 Å². The highest BCUT2D eigenvalue weighted by molar-refractivity contribution is 6.33. The summed E-state index contributed by atoms with van der Waals surface area (Å²) in [5, 5.41) is 31.2. The molecule has 3 N–H and O–H groups in total. The molecule has 0 amide bonds. The quantitative estimate of drug-likeness (QED) is 0.712. The fraction of sp³-hybridized carbons (Fsp3) is 0.538. The number of rotatable bonds is 3. The van der Waals surface area contributed by atoms with Crippen LogP contribution in [0.5, 0.6) is 0 Å². The summed E-state index contributed by atoms with van der Waals surface area (Å²) in [5.74, 6) is 0. The first-order chi connectivity index (χ1) is 10.0. The molecule has 0 radical (unpaired) electrons. The Balaban J connectivity index is 2.11. The lowest BCUT2D eigenvalue weighted by atomic mass is 9.91. The molecule has 114 valence electrons. The number of hydrogen-bond acceptors (Lipinski definition) is 6. The van der Waals surface area contributed by atoms with Crippen molar-refractivity contribution in [2.75, 3.05) is 6.61 Å². The third-order valence-corrected chi connectivity index (χ3v) is 4.36. The SMILES string of the molecule is CC[C@]1(O)C(n2ccc3c(Cl)ncnc32)O[C@H](CO)[C@H]1O. The van der Waals surface area contributed by atoms with Crippen LogP contribution in [0, 0.1) is 0 Å². The molecule has 1 aliphatic heterocycles. The fourth-order valence-electron chi connectivity index (χ4n) is 2.79. The number of nitrogens with zero attached hydrogens (tertiary/aromatic N) is 3. The first-order valence-electron chi connectivity index (χ1n) is 6.66. The van der Waals surface area contributed by atoms with Crippen LogP contribution < -0.4 is 0 Å². The Morgan fingerprint density at radius 3 is 2.90 bits per heavy atom. The maximum atomic E-state index is 10.7. The molecule has 2 aromatic heterocycles. The monoisotopic (exact) mass is 313 g/mol. The van der Waals surface area contributed by atoms with Gasteiger partial charge in [-0.25, -0.2) is 9.97 Å². The topological polar surface area (TPSA) is 101 Å². The highest BCUT2D eigenvalue weighted by Crippen LogP contribution is 2.42. The minimum absolute atomic E-state index is 0.258. The lowest BCUT2D eigenvalue weighted by molar-refractivity contribution is -0.109. The standard InChI is InChI=1S/C13H16ClN3O4/c1-2-13(20)9(19)8(5-18)21-12(13)17-4-3-7-10(14)15-6-16-11(7)17/h3-4,6,8-9,12,18-20H,2,5H2,1H3/t8-,9-,12?,13-/m1/s1. The minimum atomic E-state index is -1.52. The summed E-state index contributed by atoms with van der Waals surface area (Å²) in [6, 6.07) is 1.72. The zero-order valence-corrected chi connectivity index (χ0v) is 12.1. The van der Waals surface area contributed by atoms with E-state index in [1.165, 1.54) is 6.33 Å². The Bertz CT molecular complexity index is 664. The van der Waals surface area contributed by atoms with Gasteiger partial charge in [-0.15, -0.1) is 0 Å². The van der Waals surface area contributed by atoms with Gasteiger partial charge >= 0.3 is 0 Å². The summed E-state index contributed by atoms with van der Waals surface area (Å²) in [6.45, 7) is 1.36. The first-order valence-corrected chi connectivity index (χ1v) is 7.04. The van der Waals surface area contributed by atoms with Crippen molar-refractivity contribution in [2.24, 2.45) is 0 Å². The van der Waals surface area contributed by atoms with E-state index >= 15 is 0 Å². The van der Waals surface area contributed by atoms with Crippen LogP contribution in [-0.2, 0) is 4.74 Å². The van der Waals surface area contributed by atoms with Crippen molar-refractivity contribution in [3.05, 3.63) is 23.7 Å². The first kappa shape index (κ1) is 14.7. The third kappa shape index (κ3) is 2.04. The Morgan fingerprint density at radius 2 is 2.24 bits per heavy atom. The summed E-state index contributed by atoms with van der Waals surface area (Å²) in [5.41, 5.74) is -1.02. The van der Waals surface area contributed by atoms with Gasteiger partial charge in [-0.3, -0.25) is 0 Å². The van der Waals surface area contributed by atoms with Crippen LogP contribution in [-0.4, -0.2) is 54.3 Å². The van der Waals surface area contributed by atoms with Gasteiger partial charge < -0.3 is 24.6 Å². The number of aromatic nitrogens is 3. The molecule has 0 aromatic carbocycles. The molecule has 8 heteroatoms. The van der Waals surface area contributed by atoms with Crippen molar-refractivity contribution in [1.29, 1.82) is 0 Å². The van der Waals surface area contributed by atoms with Crippen molar-refractivity contribution in [2.45, 2.75) is 37.4 Å². The molecule has 2 aromatic rings. The largest absolute Gasteiger partial charge is 0.394 e. The van der Waals surface area contributed by atoms with Gasteiger partial charge in [-0.1, -0.05) is 18.5 Å². The Morgan fingerprint density at radius 1 is 1.48 bits per heavy atom. The van der Waals surface area contributed by atoms with Crippen molar-refractivity contribution >= 4 is 22.6 Å². The van der Waals surface area contributed by atoms with Gasteiger partial charge in [-0.05, 0) is 12.5 Å². The smallest absolute Gasteiger partial charge is 0.167 e. The van der Waals surface area contributed by atoms with E-state index in [4.69, 9.17) is 16.3 Å². The number of aliphatic hydroxyl groups is 3. The average Bonchev–Trinajstić information content (AvgIpc) is 3.01. The van der Waals surface area contributed by atoms with E-state index in [-0.39, 0.29) is 13.0 Å². The Labute approximate surface area is 125 Å². The second-order valence-electron chi connectivity index (χ2n) is 5.12.